The van der Waals surface area contributed by atoms with Gasteiger partial charge in [-0.3, -0.25) is 9.59 Å². The molecule has 0 aliphatic heterocycles. The van der Waals surface area contributed by atoms with E-state index in [1.807, 2.05) is 5.38 Å². The molecular formula is C18H23N3O2S2. The van der Waals surface area contributed by atoms with E-state index >= 15 is 0 Å². The number of rotatable bonds is 9. The summed E-state index contributed by atoms with van der Waals surface area (Å²) >= 11 is 3.25. The third-order valence-corrected chi connectivity index (χ3v) is 5.30. The fraction of sp³-hybridized carbons (Fsp3) is 0.389. The number of nitrogens with one attached hydrogen (secondary N) is 2. The van der Waals surface area contributed by atoms with Crippen LogP contribution in [0.4, 0.5) is 11.4 Å². The van der Waals surface area contributed by atoms with Crippen LogP contribution in [0.25, 0.3) is 0 Å². The van der Waals surface area contributed by atoms with Gasteiger partial charge in [0.2, 0.25) is 11.8 Å². The van der Waals surface area contributed by atoms with Crippen molar-refractivity contribution in [3.8, 4) is 0 Å². The molecule has 0 saturated heterocycles. The minimum absolute atomic E-state index is 0.0166. The van der Waals surface area contributed by atoms with Gasteiger partial charge in [-0.15, -0.1) is 11.3 Å². The van der Waals surface area contributed by atoms with Gasteiger partial charge in [0.15, 0.2) is 0 Å². The molecular weight excluding hydrogens is 354 g/mol. The molecule has 1 aromatic heterocycles. The topological polar surface area (TPSA) is 71.1 Å². The molecule has 0 unspecified atom stereocenters. The molecule has 0 bridgehead atoms. The minimum atomic E-state index is -0.0990. The highest BCUT2D eigenvalue weighted by Crippen LogP contribution is 2.22. The van der Waals surface area contributed by atoms with Gasteiger partial charge in [-0.2, -0.15) is 0 Å². The summed E-state index contributed by atoms with van der Waals surface area (Å²) in [6.45, 7) is 4.13. The van der Waals surface area contributed by atoms with Gasteiger partial charge in [0, 0.05) is 23.2 Å². The highest BCUT2D eigenvalue weighted by molar-refractivity contribution is 8.00. The molecule has 0 saturated carbocycles. The van der Waals surface area contributed by atoms with Crippen LogP contribution in [0.15, 0.2) is 34.0 Å². The molecule has 25 heavy (non-hydrogen) atoms. The molecule has 2 aromatic rings. The van der Waals surface area contributed by atoms with Gasteiger partial charge in [-0.1, -0.05) is 32.0 Å². The van der Waals surface area contributed by atoms with Crippen molar-refractivity contribution >= 4 is 46.3 Å². The first-order valence-corrected chi connectivity index (χ1v) is 10.2. The van der Waals surface area contributed by atoms with Crippen LogP contribution in [-0.4, -0.2) is 22.6 Å². The highest BCUT2D eigenvalue weighted by Gasteiger charge is 2.09. The van der Waals surface area contributed by atoms with Crippen LogP contribution >= 0.6 is 23.1 Å². The Hall–Kier alpha value is -1.86. The van der Waals surface area contributed by atoms with Crippen LogP contribution in [0, 0.1) is 0 Å². The minimum Gasteiger partial charge on any atom is -0.326 e. The lowest BCUT2D eigenvalue weighted by atomic mass is 10.2. The summed E-state index contributed by atoms with van der Waals surface area (Å²) in [7, 11) is 0. The fourth-order valence-electron chi connectivity index (χ4n) is 2.13. The molecule has 0 fully saturated rings. The molecule has 134 valence electrons. The number of thiazole rings is 1. The van der Waals surface area contributed by atoms with Gasteiger partial charge >= 0.3 is 0 Å². The smallest absolute Gasteiger partial charge is 0.230 e. The number of anilines is 2. The van der Waals surface area contributed by atoms with E-state index < -0.39 is 0 Å². The molecule has 5 nitrogen and oxygen atoms in total. The van der Waals surface area contributed by atoms with Crippen molar-refractivity contribution in [3.63, 3.8) is 0 Å². The molecule has 0 spiro atoms. The number of benzene rings is 1. The van der Waals surface area contributed by atoms with Crippen LogP contribution in [-0.2, 0) is 16.0 Å². The van der Waals surface area contributed by atoms with Gasteiger partial charge in [0.1, 0.15) is 4.34 Å². The van der Waals surface area contributed by atoms with Crippen molar-refractivity contribution in [2.24, 2.45) is 0 Å². The summed E-state index contributed by atoms with van der Waals surface area (Å²) in [4.78, 5) is 28.2. The zero-order chi connectivity index (χ0) is 18.1. The summed E-state index contributed by atoms with van der Waals surface area (Å²) in [6, 6.07) is 7.15. The van der Waals surface area contributed by atoms with E-state index in [0.717, 1.165) is 34.3 Å². The molecule has 0 aliphatic carbocycles. The van der Waals surface area contributed by atoms with Crippen LogP contribution in [0.1, 0.15) is 38.8 Å². The second-order valence-electron chi connectivity index (χ2n) is 5.49. The Labute approximate surface area is 156 Å². The molecule has 2 amide bonds. The Morgan fingerprint density at radius 3 is 2.32 bits per heavy atom. The summed E-state index contributed by atoms with van der Waals surface area (Å²) in [6.07, 6.45) is 2.67. The first kappa shape index (κ1) is 19.5. The molecule has 2 rings (SSSR count). The first-order chi connectivity index (χ1) is 12.1. The second-order valence-corrected chi connectivity index (χ2v) is 7.86. The van der Waals surface area contributed by atoms with E-state index in [9.17, 15) is 9.59 Å². The Balaban J connectivity index is 1.83. The number of hydrogen-bond acceptors (Lipinski definition) is 5. The lowest BCUT2D eigenvalue weighted by molar-refractivity contribution is -0.116. The van der Waals surface area contributed by atoms with Gasteiger partial charge in [0.25, 0.3) is 0 Å². The number of carbonyl (C=O) groups is 2. The van der Waals surface area contributed by atoms with Crippen LogP contribution in [0.3, 0.4) is 0 Å². The number of nitrogens with zero attached hydrogens (tertiary/aromatic N) is 1. The van der Waals surface area contributed by atoms with Crippen molar-refractivity contribution in [1.29, 1.82) is 0 Å². The molecule has 7 heteroatoms. The molecule has 1 heterocycles. The predicted molar refractivity (Wildman–Crippen MR) is 105 cm³/mol. The maximum atomic E-state index is 12.1. The highest BCUT2D eigenvalue weighted by atomic mass is 32.2. The summed E-state index contributed by atoms with van der Waals surface area (Å²) in [5.74, 6) is 0.890. The van der Waals surface area contributed by atoms with Gasteiger partial charge in [-0.05, 0) is 36.4 Å². The van der Waals surface area contributed by atoms with E-state index in [2.05, 4.69) is 29.5 Å². The number of thioether (sulfide) groups is 1. The van der Waals surface area contributed by atoms with E-state index in [0.29, 0.717) is 12.1 Å². The first-order valence-electron chi connectivity index (χ1n) is 8.37. The van der Waals surface area contributed by atoms with Crippen molar-refractivity contribution in [1.82, 2.24) is 4.98 Å². The van der Waals surface area contributed by atoms with Crippen LogP contribution in [0.5, 0.6) is 0 Å². The van der Waals surface area contributed by atoms with Crippen molar-refractivity contribution in [2.45, 2.75) is 43.9 Å². The maximum absolute atomic E-state index is 12.1. The molecule has 0 radical (unpaired) electrons. The average Bonchev–Trinajstić information content (AvgIpc) is 3.02. The fourth-order valence-corrected chi connectivity index (χ4v) is 3.87. The quantitative estimate of drug-likeness (QED) is 0.628. The Kier molecular flexibility index (Phi) is 7.94. The van der Waals surface area contributed by atoms with Crippen molar-refractivity contribution in [3.05, 3.63) is 35.3 Å². The molecule has 2 N–H and O–H groups in total. The number of unbranched alkanes of at least 4 members (excludes halogenated alkanes) is 1. The van der Waals surface area contributed by atoms with Gasteiger partial charge in [0.05, 0.1) is 12.1 Å². The Morgan fingerprint density at radius 1 is 1.08 bits per heavy atom. The van der Waals surface area contributed by atoms with Gasteiger partial charge in [-0.25, -0.2) is 4.98 Å². The Morgan fingerprint density at radius 2 is 1.72 bits per heavy atom. The zero-order valence-electron chi connectivity index (χ0n) is 14.5. The number of amides is 2. The van der Waals surface area contributed by atoms with E-state index in [1.165, 1.54) is 0 Å². The van der Waals surface area contributed by atoms with Crippen LogP contribution < -0.4 is 10.6 Å². The standard InChI is InChI=1S/C18H23N3O2S2/c1-3-5-6-16(22)19-13-7-9-14(10-8-13)20-17(23)11-15-12-25-18(21-15)24-4-2/h7-10,12H,3-6,11H2,1-2H3,(H,19,22)(H,20,23). The lowest BCUT2D eigenvalue weighted by Gasteiger charge is -2.07. The van der Waals surface area contributed by atoms with Gasteiger partial charge < -0.3 is 10.6 Å². The monoisotopic (exact) mass is 377 g/mol. The average molecular weight is 378 g/mol. The number of aromatic nitrogens is 1. The number of carbonyl (C=O) groups excluding carboxylic acids is 2. The van der Waals surface area contributed by atoms with E-state index in [4.69, 9.17) is 0 Å². The third kappa shape index (κ3) is 6.88. The molecule has 0 aliphatic rings. The zero-order valence-corrected chi connectivity index (χ0v) is 16.1. The number of hydrogen-bond donors (Lipinski definition) is 2. The Bertz CT molecular complexity index is 699. The van der Waals surface area contributed by atoms with Crippen LogP contribution in [0.2, 0.25) is 0 Å². The van der Waals surface area contributed by atoms with E-state index in [1.54, 1.807) is 47.4 Å². The largest absolute Gasteiger partial charge is 0.326 e. The maximum Gasteiger partial charge on any atom is 0.230 e. The lowest BCUT2D eigenvalue weighted by Crippen LogP contribution is -2.15. The second kappa shape index (κ2) is 10.2. The van der Waals surface area contributed by atoms with Crippen molar-refractivity contribution < 1.29 is 9.59 Å². The predicted octanol–water partition coefficient (Wildman–Crippen LogP) is 4.57. The summed E-state index contributed by atoms with van der Waals surface area (Å²) < 4.78 is 0.994. The molecule has 0 atom stereocenters. The van der Waals surface area contributed by atoms with E-state index in [-0.39, 0.29) is 18.2 Å². The third-order valence-electron chi connectivity index (χ3n) is 3.35. The summed E-state index contributed by atoms with van der Waals surface area (Å²) in [5.41, 5.74) is 2.23. The summed E-state index contributed by atoms with van der Waals surface area (Å²) in [5, 5.41) is 7.63. The SMILES string of the molecule is CCCCC(=O)Nc1ccc(NC(=O)Cc2csc(SCC)n2)cc1. The normalized spacial score (nSPS) is 10.5. The molecule has 1 aromatic carbocycles. The van der Waals surface area contributed by atoms with Crippen molar-refractivity contribution in [2.75, 3.05) is 16.4 Å².